The quantitative estimate of drug-likeness (QED) is 0.583. The topological polar surface area (TPSA) is 50.2 Å². The Morgan fingerprint density at radius 2 is 1.67 bits per heavy atom. The summed E-state index contributed by atoms with van der Waals surface area (Å²) < 4.78 is 1.50. The Morgan fingerprint density at radius 1 is 0.963 bits per heavy atom. The molecule has 4 aromatic rings. The standard InChI is InChI=1S/C23H23N3O/c1-23(2,3)18-11-9-17(10-12-18)20-15-21-24-19(14-22(27)26(21)25-20)13-16-7-5-4-6-8-16/h4-12,14-15,25H,13H2,1-3H3. The van der Waals surface area contributed by atoms with E-state index in [-0.39, 0.29) is 11.0 Å². The number of aromatic nitrogens is 3. The lowest BCUT2D eigenvalue weighted by atomic mass is 9.86. The van der Waals surface area contributed by atoms with Crippen molar-refractivity contribution < 1.29 is 0 Å². The van der Waals surface area contributed by atoms with Gasteiger partial charge in [-0.25, -0.2) is 9.50 Å². The van der Waals surface area contributed by atoms with Gasteiger partial charge < -0.3 is 0 Å². The summed E-state index contributed by atoms with van der Waals surface area (Å²) in [5.74, 6) is 0. The smallest absolute Gasteiger partial charge is 0.272 e. The van der Waals surface area contributed by atoms with Crippen LogP contribution in [0.4, 0.5) is 0 Å². The Bertz CT molecular complexity index is 1130. The fourth-order valence-electron chi connectivity index (χ4n) is 3.23. The summed E-state index contributed by atoms with van der Waals surface area (Å²) in [6.45, 7) is 6.59. The fraction of sp³-hybridized carbons (Fsp3) is 0.217. The molecule has 136 valence electrons. The molecule has 4 heteroatoms. The molecular formula is C23H23N3O. The first-order valence-corrected chi connectivity index (χ1v) is 9.17. The Balaban J connectivity index is 1.70. The molecule has 0 aliphatic heterocycles. The SMILES string of the molecule is CC(C)(C)c1ccc(-c2cc3nc(Cc4ccccc4)cc(=O)n3[nH]2)cc1. The minimum atomic E-state index is -0.0940. The van der Waals surface area contributed by atoms with Gasteiger partial charge in [0.1, 0.15) is 0 Å². The van der Waals surface area contributed by atoms with E-state index in [1.54, 1.807) is 6.07 Å². The average molecular weight is 357 g/mol. The van der Waals surface area contributed by atoms with Gasteiger partial charge in [0.2, 0.25) is 0 Å². The number of fused-ring (bicyclic) bond motifs is 1. The monoisotopic (exact) mass is 357 g/mol. The highest BCUT2D eigenvalue weighted by atomic mass is 16.1. The number of hydrogen-bond acceptors (Lipinski definition) is 2. The van der Waals surface area contributed by atoms with Crippen LogP contribution in [-0.2, 0) is 11.8 Å². The number of nitrogens with zero attached hydrogens (tertiary/aromatic N) is 2. The Kier molecular flexibility index (Phi) is 4.19. The number of H-pyrrole nitrogens is 1. The highest BCUT2D eigenvalue weighted by Crippen LogP contribution is 2.25. The Hall–Kier alpha value is -3.14. The second-order valence-electron chi connectivity index (χ2n) is 7.94. The van der Waals surface area contributed by atoms with Crippen LogP contribution >= 0.6 is 0 Å². The third kappa shape index (κ3) is 3.56. The van der Waals surface area contributed by atoms with E-state index in [2.05, 4.69) is 55.1 Å². The number of rotatable bonds is 3. The molecule has 27 heavy (non-hydrogen) atoms. The predicted octanol–water partition coefficient (Wildman–Crippen LogP) is 4.58. The number of benzene rings is 2. The largest absolute Gasteiger partial charge is 0.289 e. The number of hydrogen-bond donors (Lipinski definition) is 1. The van der Waals surface area contributed by atoms with Gasteiger partial charge in [-0.3, -0.25) is 9.89 Å². The molecule has 0 aliphatic carbocycles. The van der Waals surface area contributed by atoms with Crippen LogP contribution in [0.25, 0.3) is 16.9 Å². The Labute approximate surface area is 158 Å². The van der Waals surface area contributed by atoms with Gasteiger partial charge in [-0.2, -0.15) is 0 Å². The second kappa shape index (κ2) is 6.54. The summed E-state index contributed by atoms with van der Waals surface area (Å²) in [5.41, 5.74) is 5.79. The van der Waals surface area contributed by atoms with Crippen LogP contribution < -0.4 is 5.56 Å². The molecule has 0 saturated heterocycles. The van der Waals surface area contributed by atoms with Crippen LogP contribution in [0.1, 0.15) is 37.6 Å². The first-order valence-electron chi connectivity index (χ1n) is 9.17. The first-order chi connectivity index (χ1) is 12.9. The van der Waals surface area contributed by atoms with E-state index in [1.165, 1.54) is 10.1 Å². The lowest BCUT2D eigenvalue weighted by Crippen LogP contribution is -2.15. The molecular weight excluding hydrogens is 334 g/mol. The van der Waals surface area contributed by atoms with Crippen molar-refractivity contribution in [3.63, 3.8) is 0 Å². The van der Waals surface area contributed by atoms with Crippen molar-refractivity contribution >= 4 is 5.65 Å². The highest BCUT2D eigenvalue weighted by Gasteiger charge is 2.14. The summed E-state index contributed by atoms with van der Waals surface area (Å²) in [6.07, 6.45) is 0.646. The molecule has 1 N–H and O–H groups in total. The van der Waals surface area contributed by atoms with E-state index in [0.29, 0.717) is 12.1 Å². The molecule has 0 saturated carbocycles. The van der Waals surface area contributed by atoms with E-state index in [9.17, 15) is 4.79 Å². The maximum Gasteiger partial charge on any atom is 0.272 e. The van der Waals surface area contributed by atoms with Crippen molar-refractivity contribution in [2.24, 2.45) is 0 Å². The summed E-state index contributed by atoms with van der Waals surface area (Å²) in [6, 6.07) is 22.0. The molecule has 0 fully saturated rings. The van der Waals surface area contributed by atoms with Crippen LogP contribution in [0.2, 0.25) is 0 Å². The number of aromatic amines is 1. The average Bonchev–Trinajstić information content (AvgIpc) is 3.07. The van der Waals surface area contributed by atoms with Gasteiger partial charge >= 0.3 is 0 Å². The third-order valence-corrected chi connectivity index (χ3v) is 4.79. The van der Waals surface area contributed by atoms with E-state index >= 15 is 0 Å². The minimum absolute atomic E-state index is 0.0940. The minimum Gasteiger partial charge on any atom is -0.289 e. The van der Waals surface area contributed by atoms with Gasteiger partial charge in [-0.05, 0) is 22.1 Å². The molecule has 0 aliphatic rings. The zero-order chi connectivity index (χ0) is 19.0. The van der Waals surface area contributed by atoms with Crippen LogP contribution in [0.5, 0.6) is 0 Å². The van der Waals surface area contributed by atoms with Gasteiger partial charge in [-0.15, -0.1) is 0 Å². The molecule has 4 rings (SSSR count). The third-order valence-electron chi connectivity index (χ3n) is 4.79. The van der Waals surface area contributed by atoms with Gasteiger partial charge in [-0.1, -0.05) is 75.4 Å². The van der Waals surface area contributed by atoms with Crippen molar-refractivity contribution in [3.8, 4) is 11.3 Å². The van der Waals surface area contributed by atoms with Crippen molar-refractivity contribution in [2.75, 3.05) is 0 Å². The van der Waals surface area contributed by atoms with Gasteiger partial charge in [0.15, 0.2) is 5.65 Å². The normalized spacial score (nSPS) is 11.8. The second-order valence-corrected chi connectivity index (χ2v) is 7.94. The highest BCUT2D eigenvalue weighted by molar-refractivity contribution is 5.64. The molecule has 0 amide bonds. The fourth-order valence-corrected chi connectivity index (χ4v) is 3.23. The predicted molar refractivity (Wildman–Crippen MR) is 109 cm³/mol. The molecule has 0 spiro atoms. The lowest BCUT2D eigenvalue weighted by Gasteiger charge is -2.18. The van der Waals surface area contributed by atoms with E-state index < -0.39 is 0 Å². The Morgan fingerprint density at radius 3 is 2.33 bits per heavy atom. The summed E-state index contributed by atoms with van der Waals surface area (Å²) in [5, 5.41) is 3.17. The molecule has 2 heterocycles. The molecule has 0 atom stereocenters. The van der Waals surface area contributed by atoms with Crippen molar-refractivity contribution in [3.05, 3.63) is 93.9 Å². The summed E-state index contributed by atoms with van der Waals surface area (Å²) >= 11 is 0. The van der Waals surface area contributed by atoms with Crippen molar-refractivity contribution in [2.45, 2.75) is 32.6 Å². The summed E-state index contributed by atoms with van der Waals surface area (Å²) in [7, 11) is 0. The van der Waals surface area contributed by atoms with Crippen LogP contribution in [0.3, 0.4) is 0 Å². The van der Waals surface area contributed by atoms with Gasteiger partial charge in [0.25, 0.3) is 5.56 Å². The van der Waals surface area contributed by atoms with Crippen LogP contribution in [0.15, 0.2) is 71.5 Å². The van der Waals surface area contributed by atoms with Gasteiger partial charge in [0, 0.05) is 18.6 Å². The maximum absolute atomic E-state index is 12.5. The molecule has 0 bridgehead atoms. The lowest BCUT2D eigenvalue weighted by molar-refractivity contribution is 0.590. The molecule has 0 unspecified atom stereocenters. The zero-order valence-corrected chi connectivity index (χ0v) is 15.9. The zero-order valence-electron chi connectivity index (χ0n) is 15.9. The maximum atomic E-state index is 12.5. The number of nitrogens with one attached hydrogen (secondary N) is 1. The van der Waals surface area contributed by atoms with E-state index in [4.69, 9.17) is 0 Å². The summed E-state index contributed by atoms with van der Waals surface area (Å²) in [4.78, 5) is 17.2. The van der Waals surface area contributed by atoms with E-state index in [0.717, 1.165) is 22.5 Å². The molecule has 0 radical (unpaired) electrons. The molecule has 4 nitrogen and oxygen atoms in total. The molecule has 2 aromatic carbocycles. The van der Waals surface area contributed by atoms with Gasteiger partial charge in [0.05, 0.1) is 11.4 Å². The van der Waals surface area contributed by atoms with Crippen molar-refractivity contribution in [1.29, 1.82) is 0 Å². The van der Waals surface area contributed by atoms with Crippen molar-refractivity contribution in [1.82, 2.24) is 14.6 Å². The van der Waals surface area contributed by atoms with E-state index in [1.807, 2.05) is 36.4 Å². The molecule has 2 aromatic heterocycles. The van der Waals surface area contributed by atoms with Crippen LogP contribution in [0, 0.1) is 0 Å². The first kappa shape index (κ1) is 17.3. The van der Waals surface area contributed by atoms with Crippen LogP contribution in [-0.4, -0.2) is 14.6 Å².